The van der Waals surface area contributed by atoms with Gasteiger partial charge in [-0.1, -0.05) is 25.1 Å². The van der Waals surface area contributed by atoms with Gasteiger partial charge in [-0.25, -0.2) is 0 Å². The maximum absolute atomic E-state index is 12.4. The normalized spacial score (nSPS) is 20.1. The highest BCUT2D eigenvalue weighted by atomic mass is 19.3. The van der Waals surface area contributed by atoms with E-state index in [0.29, 0.717) is 18.1 Å². The molecular formula is C13H15F2N3O2. The third kappa shape index (κ3) is 3.23. The Hall–Kier alpha value is -2.18. The van der Waals surface area contributed by atoms with E-state index < -0.39 is 12.7 Å². The maximum atomic E-state index is 12.4. The van der Waals surface area contributed by atoms with Crippen molar-refractivity contribution in [2.24, 2.45) is 4.99 Å². The third-order valence-electron chi connectivity index (χ3n) is 2.72. The van der Waals surface area contributed by atoms with Gasteiger partial charge in [0.05, 0.1) is 0 Å². The lowest BCUT2D eigenvalue weighted by molar-refractivity contribution is -0.120. The van der Waals surface area contributed by atoms with Crippen molar-refractivity contribution < 1.29 is 18.3 Å². The van der Waals surface area contributed by atoms with Crippen LogP contribution in [0, 0.1) is 0 Å². The van der Waals surface area contributed by atoms with E-state index in [0.717, 1.165) is 6.42 Å². The fourth-order valence-corrected chi connectivity index (χ4v) is 1.88. The fraction of sp³-hybridized carbons (Fsp3) is 0.385. The second kappa shape index (κ2) is 6.31. The first-order chi connectivity index (χ1) is 9.61. The fourth-order valence-electron chi connectivity index (χ4n) is 1.88. The van der Waals surface area contributed by atoms with Crippen molar-refractivity contribution in [1.82, 2.24) is 10.6 Å². The van der Waals surface area contributed by atoms with Gasteiger partial charge in [0.25, 0.3) is 5.91 Å². The number of rotatable bonds is 5. The molecule has 1 fully saturated rings. The Bertz CT molecular complexity index is 520. The summed E-state index contributed by atoms with van der Waals surface area (Å²) in [5.74, 6) is -0.00855. The molecule has 2 rings (SSSR count). The molecule has 1 aliphatic rings. The van der Waals surface area contributed by atoms with Crippen LogP contribution in [0.25, 0.3) is 0 Å². The van der Waals surface area contributed by atoms with Crippen LogP contribution in [0.15, 0.2) is 29.3 Å². The zero-order valence-corrected chi connectivity index (χ0v) is 10.9. The molecule has 0 aliphatic carbocycles. The van der Waals surface area contributed by atoms with Crippen molar-refractivity contribution in [1.29, 1.82) is 0 Å². The van der Waals surface area contributed by atoms with Crippen molar-refractivity contribution in [3.8, 4) is 5.75 Å². The zero-order chi connectivity index (χ0) is 14.5. The van der Waals surface area contributed by atoms with Gasteiger partial charge in [-0.2, -0.15) is 8.78 Å². The van der Waals surface area contributed by atoms with Crippen LogP contribution in [0.3, 0.4) is 0 Å². The highest BCUT2D eigenvalue weighted by Gasteiger charge is 2.32. The number of carbonyl (C=O) groups excluding carboxylic acids is 1. The summed E-state index contributed by atoms with van der Waals surface area (Å²) in [6.45, 7) is -0.400. The van der Waals surface area contributed by atoms with Crippen molar-refractivity contribution in [2.45, 2.75) is 26.0 Å². The molecule has 108 valence electrons. The third-order valence-corrected chi connectivity index (χ3v) is 2.72. The predicted molar refractivity (Wildman–Crippen MR) is 69.7 cm³/mol. The molecule has 0 spiro atoms. The van der Waals surface area contributed by atoms with Crippen LogP contribution in [0.4, 0.5) is 8.78 Å². The summed E-state index contributed by atoms with van der Waals surface area (Å²) in [5.41, 5.74) is 0.354. The lowest BCUT2D eigenvalue weighted by atomic mass is 10.1. The number of guanidine groups is 1. The molecule has 0 bridgehead atoms. The monoisotopic (exact) mass is 283 g/mol. The standard InChI is InChI=1S/C13H15F2N3O2/c1-2-7-16-13-17-10(11(19)18-13)8-5-3-4-6-9(8)20-12(14)15/h3-6,10,12H,2,7H2,1H3,(H2,16,17,18,19). The topological polar surface area (TPSA) is 62.7 Å². The van der Waals surface area contributed by atoms with Crippen molar-refractivity contribution in [3.05, 3.63) is 29.8 Å². The van der Waals surface area contributed by atoms with Crippen LogP contribution in [-0.2, 0) is 4.79 Å². The van der Waals surface area contributed by atoms with E-state index >= 15 is 0 Å². The quantitative estimate of drug-likeness (QED) is 0.866. The summed E-state index contributed by atoms with van der Waals surface area (Å²) >= 11 is 0. The number of para-hydroxylation sites is 1. The number of nitrogens with one attached hydrogen (secondary N) is 2. The van der Waals surface area contributed by atoms with E-state index in [-0.39, 0.29) is 11.7 Å². The van der Waals surface area contributed by atoms with Crippen molar-refractivity contribution >= 4 is 11.9 Å². The number of halogens is 2. The molecule has 1 aromatic rings. The Morgan fingerprint density at radius 1 is 1.40 bits per heavy atom. The Balaban J connectivity index is 2.21. The molecule has 1 atom stereocenters. The molecule has 1 unspecified atom stereocenters. The number of alkyl halides is 2. The zero-order valence-electron chi connectivity index (χ0n) is 10.9. The minimum atomic E-state index is -2.94. The molecule has 1 aliphatic heterocycles. The summed E-state index contributed by atoms with van der Waals surface area (Å²) < 4.78 is 29.2. The van der Waals surface area contributed by atoms with Crippen LogP contribution >= 0.6 is 0 Å². The van der Waals surface area contributed by atoms with E-state index in [1.807, 2.05) is 6.92 Å². The molecule has 1 saturated heterocycles. The van der Waals surface area contributed by atoms with Crippen LogP contribution < -0.4 is 15.4 Å². The smallest absolute Gasteiger partial charge is 0.387 e. The summed E-state index contributed by atoms with van der Waals surface area (Å²) in [4.78, 5) is 16.0. The van der Waals surface area contributed by atoms with E-state index in [9.17, 15) is 13.6 Å². The Labute approximate surface area is 115 Å². The lowest BCUT2D eigenvalue weighted by Gasteiger charge is -2.14. The Morgan fingerprint density at radius 2 is 2.15 bits per heavy atom. The number of amides is 1. The first-order valence-corrected chi connectivity index (χ1v) is 6.27. The Kier molecular flexibility index (Phi) is 4.49. The molecule has 0 saturated carbocycles. The number of carbonyl (C=O) groups is 1. The molecule has 1 amide bonds. The van der Waals surface area contributed by atoms with E-state index in [1.54, 1.807) is 18.2 Å². The lowest BCUT2D eigenvalue weighted by Crippen LogP contribution is -2.25. The van der Waals surface area contributed by atoms with Gasteiger partial charge in [0.15, 0.2) is 5.96 Å². The van der Waals surface area contributed by atoms with Gasteiger partial charge in [-0.3, -0.25) is 15.1 Å². The molecule has 1 heterocycles. The van der Waals surface area contributed by atoms with Crippen LogP contribution in [0.2, 0.25) is 0 Å². The van der Waals surface area contributed by atoms with Crippen molar-refractivity contribution in [2.75, 3.05) is 6.54 Å². The minimum absolute atomic E-state index is 0.0214. The van der Waals surface area contributed by atoms with Crippen LogP contribution in [0.5, 0.6) is 5.75 Å². The summed E-state index contributed by atoms with van der Waals surface area (Å²) in [6.07, 6.45) is 0.844. The van der Waals surface area contributed by atoms with Gasteiger partial charge < -0.3 is 10.1 Å². The SMILES string of the molecule is CCCN=C1NC(=O)C(c2ccccc2OC(F)F)N1. The number of nitrogens with zero attached hydrogens (tertiary/aromatic N) is 1. The molecule has 2 N–H and O–H groups in total. The molecule has 7 heteroatoms. The van der Waals surface area contributed by atoms with E-state index in [2.05, 4.69) is 20.4 Å². The van der Waals surface area contributed by atoms with Gasteiger partial charge in [-0.05, 0) is 12.5 Å². The molecule has 20 heavy (non-hydrogen) atoms. The van der Waals surface area contributed by atoms with Gasteiger partial charge in [0, 0.05) is 12.1 Å². The number of hydrogen-bond acceptors (Lipinski definition) is 3. The first-order valence-electron chi connectivity index (χ1n) is 6.27. The predicted octanol–water partition coefficient (Wildman–Crippen LogP) is 1.81. The first kappa shape index (κ1) is 14.2. The summed E-state index contributed by atoms with van der Waals surface area (Å²) in [5, 5.41) is 5.44. The van der Waals surface area contributed by atoms with Gasteiger partial charge in [0.2, 0.25) is 0 Å². The second-order valence-electron chi connectivity index (χ2n) is 4.21. The van der Waals surface area contributed by atoms with Gasteiger partial charge >= 0.3 is 6.61 Å². The minimum Gasteiger partial charge on any atom is -0.434 e. The Morgan fingerprint density at radius 3 is 2.85 bits per heavy atom. The van der Waals surface area contributed by atoms with Crippen molar-refractivity contribution in [3.63, 3.8) is 0 Å². The average molecular weight is 283 g/mol. The number of hydrogen-bond donors (Lipinski definition) is 2. The van der Waals surface area contributed by atoms with Gasteiger partial charge in [-0.15, -0.1) is 0 Å². The number of aliphatic imine (C=N–C) groups is 1. The highest BCUT2D eigenvalue weighted by Crippen LogP contribution is 2.28. The molecule has 1 aromatic carbocycles. The summed E-state index contributed by atoms with van der Waals surface area (Å²) in [6, 6.07) is 5.42. The molecule has 0 radical (unpaired) electrons. The second-order valence-corrected chi connectivity index (χ2v) is 4.21. The maximum Gasteiger partial charge on any atom is 0.387 e. The molecule has 0 aromatic heterocycles. The van der Waals surface area contributed by atoms with Gasteiger partial charge in [0.1, 0.15) is 11.8 Å². The van der Waals surface area contributed by atoms with Crippen LogP contribution in [-0.4, -0.2) is 25.0 Å². The van der Waals surface area contributed by atoms with E-state index in [1.165, 1.54) is 6.07 Å². The average Bonchev–Trinajstić information content (AvgIpc) is 2.77. The van der Waals surface area contributed by atoms with Crippen LogP contribution in [0.1, 0.15) is 24.9 Å². The molecular weight excluding hydrogens is 268 g/mol. The molecule has 5 nitrogen and oxygen atoms in total. The number of ether oxygens (including phenoxy) is 1. The largest absolute Gasteiger partial charge is 0.434 e. The number of benzene rings is 1. The highest BCUT2D eigenvalue weighted by molar-refractivity contribution is 6.07. The summed E-state index contributed by atoms with van der Waals surface area (Å²) in [7, 11) is 0. The van der Waals surface area contributed by atoms with E-state index in [4.69, 9.17) is 0 Å².